The van der Waals surface area contributed by atoms with Crippen molar-refractivity contribution >= 4 is 34.5 Å². The highest BCUT2D eigenvalue weighted by molar-refractivity contribution is 7.07. The lowest BCUT2D eigenvalue weighted by molar-refractivity contribution is 0.286. The van der Waals surface area contributed by atoms with E-state index in [4.69, 9.17) is 23.2 Å². The number of aromatic nitrogens is 1. The number of thiazole rings is 1. The van der Waals surface area contributed by atoms with Crippen molar-refractivity contribution in [1.82, 2.24) is 4.57 Å². The molecule has 2 nitrogen and oxygen atoms in total. The van der Waals surface area contributed by atoms with Gasteiger partial charge in [-0.2, -0.15) is 0 Å². The molecule has 1 saturated carbocycles. The van der Waals surface area contributed by atoms with Crippen LogP contribution in [-0.2, 0) is 12.5 Å². The molecule has 0 bridgehead atoms. The van der Waals surface area contributed by atoms with Crippen LogP contribution in [-0.4, -0.2) is 11.6 Å². The van der Waals surface area contributed by atoms with E-state index >= 15 is 0 Å². The molecule has 0 unspecified atom stereocenters. The monoisotopic (exact) mass is 326 g/mol. The first-order valence-electron chi connectivity index (χ1n) is 6.62. The summed E-state index contributed by atoms with van der Waals surface area (Å²) < 4.78 is 2.20. The van der Waals surface area contributed by atoms with Crippen molar-refractivity contribution in [2.45, 2.75) is 24.7 Å². The van der Waals surface area contributed by atoms with Gasteiger partial charge in [-0.15, -0.1) is 11.3 Å². The third-order valence-corrected chi connectivity index (χ3v) is 6.03. The van der Waals surface area contributed by atoms with E-state index in [1.165, 1.54) is 17.7 Å². The lowest BCUT2D eigenvalue weighted by Crippen LogP contribution is -2.38. The predicted molar refractivity (Wildman–Crippen MR) is 85.9 cm³/mol. The van der Waals surface area contributed by atoms with Gasteiger partial charge >= 0.3 is 0 Å². The van der Waals surface area contributed by atoms with Gasteiger partial charge in [0.15, 0.2) is 4.80 Å². The van der Waals surface area contributed by atoms with Crippen LogP contribution in [0.4, 0.5) is 0 Å². The second-order valence-electron chi connectivity index (χ2n) is 5.25. The van der Waals surface area contributed by atoms with E-state index in [2.05, 4.69) is 28.1 Å². The molecule has 1 heterocycles. The van der Waals surface area contributed by atoms with Crippen molar-refractivity contribution in [3.63, 3.8) is 0 Å². The fourth-order valence-corrected chi connectivity index (χ4v) is 4.28. The van der Waals surface area contributed by atoms with Gasteiger partial charge in [0.1, 0.15) is 0 Å². The van der Waals surface area contributed by atoms with Crippen LogP contribution in [0.1, 0.15) is 30.5 Å². The third-order valence-electron chi connectivity index (χ3n) is 4.29. The minimum absolute atomic E-state index is 0.0718. The Morgan fingerprint density at radius 3 is 2.50 bits per heavy atom. The maximum Gasteiger partial charge on any atom is 0.184 e. The van der Waals surface area contributed by atoms with Crippen molar-refractivity contribution in [1.29, 1.82) is 0 Å². The van der Waals surface area contributed by atoms with Crippen LogP contribution in [0.3, 0.4) is 0 Å². The van der Waals surface area contributed by atoms with Crippen molar-refractivity contribution in [2.75, 3.05) is 7.05 Å². The summed E-state index contributed by atoms with van der Waals surface area (Å²) in [5, 5.41) is 3.47. The van der Waals surface area contributed by atoms with E-state index in [1.807, 2.05) is 19.2 Å². The maximum absolute atomic E-state index is 6.21. The first-order chi connectivity index (χ1) is 9.58. The van der Waals surface area contributed by atoms with Gasteiger partial charge in [-0.25, -0.2) is 0 Å². The molecule has 1 aliphatic rings. The lowest BCUT2D eigenvalue weighted by atomic mass is 9.62. The van der Waals surface area contributed by atoms with Crippen LogP contribution < -0.4 is 4.80 Å². The van der Waals surface area contributed by atoms with E-state index in [0.29, 0.717) is 10.0 Å². The van der Waals surface area contributed by atoms with Crippen LogP contribution in [0.25, 0.3) is 0 Å². The van der Waals surface area contributed by atoms with Gasteiger partial charge in [-0.3, -0.25) is 4.99 Å². The molecule has 0 spiro atoms. The number of hydrogen-bond acceptors (Lipinski definition) is 2. The number of benzene rings is 1. The van der Waals surface area contributed by atoms with Crippen molar-refractivity contribution in [3.8, 4) is 0 Å². The average molecular weight is 327 g/mol. The van der Waals surface area contributed by atoms with Gasteiger partial charge in [-0.1, -0.05) is 35.7 Å². The van der Waals surface area contributed by atoms with Crippen LogP contribution in [0.15, 0.2) is 28.6 Å². The molecule has 0 N–H and O–H groups in total. The highest BCUT2D eigenvalue weighted by Crippen LogP contribution is 2.49. The summed E-state index contributed by atoms with van der Waals surface area (Å²) in [6.45, 7) is 0. The molecule has 0 aliphatic heterocycles. The van der Waals surface area contributed by atoms with Crippen LogP contribution in [0, 0.1) is 0 Å². The molecule has 1 aromatic carbocycles. The highest BCUT2D eigenvalue weighted by atomic mass is 35.5. The Hall–Kier alpha value is -0.770. The molecule has 0 radical (unpaired) electrons. The maximum atomic E-state index is 6.21. The highest BCUT2D eigenvalue weighted by Gasteiger charge is 2.42. The molecule has 1 aliphatic carbocycles. The van der Waals surface area contributed by atoms with Gasteiger partial charge in [0, 0.05) is 30.6 Å². The summed E-state index contributed by atoms with van der Waals surface area (Å²) in [7, 11) is 3.92. The van der Waals surface area contributed by atoms with Crippen LogP contribution in [0.5, 0.6) is 0 Å². The van der Waals surface area contributed by atoms with E-state index in [1.54, 1.807) is 11.3 Å². The minimum atomic E-state index is 0.0718. The van der Waals surface area contributed by atoms with Crippen molar-refractivity contribution in [3.05, 3.63) is 49.7 Å². The Morgan fingerprint density at radius 2 is 2.00 bits per heavy atom. The van der Waals surface area contributed by atoms with Gasteiger partial charge in [-0.05, 0) is 30.5 Å². The first kappa shape index (κ1) is 14.2. The van der Waals surface area contributed by atoms with E-state index in [9.17, 15) is 0 Å². The third kappa shape index (κ3) is 2.03. The van der Waals surface area contributed by atoms with Crippen LogP contribution >= 0.6 is 34.5 Å². The summed E-state index contributed by atoms with van der Waals surface area (Å²) in [4.78, 5) is 5.37. The van der Waals surface area contributed by atoms with Crippen LogP contribution in [0.2, 0.25) is 10.0 Å². The lowest BCUT2D eigenvalue weighted by Gasteiger charge is -2.42. The van der Waals surface area contributed by atoms with Gasteiger partial charge in [0.05, 0.1) is 10.0 Å². The summed E-state index contributed by atoms with van der Waals surface area (Å²) in [5.74, 6) is 0. The molecule has 3 rings (SSSR count). The zero-order valence-electron chi connectivity index (χ0n) is 11.5. The van der Waals surface area contributed by atoms with E-state index < -0.39 is 0 Å². The molecule has 0 saturated heterocycles. The molecule has 2 aromatic rings. The Kier molecular flexibility index (Phi) is 3.69. The Bertz CT molecular complexity index is 711. The number of rotatable bonds is 2. The van der Waals surface area contributed by atoms with Crippen molar-refractivity contribution in [2.24, 2.45) is 12.0 Å². The molecule has 106 valence electrons. The normalized spacial score (nSPS) is 18.1. The molecule has 0 amide bonds. The zero-order chi connectivity index (χ0) is 14.3. The Balaban J connectivity index is 2.16. The number of hydrogen-bond donors (Lipinski definition) is 0. The van der Waals surface area contributed by atoms with E-state index in [-0.39, 0.29) is 5.41 Å². The molecule has 1 fully saturated rings. The molecule has 1 aromatic heterocycles. The number of halogens is 2. The second kappa shape index (κ2) is 5.21. The molecule has 20 heavy (non-hydrogen) atoms. The molecular weight excluding hydrogens is 311 g/mol. The summed E-state index contributed by atoms with van der Waals surface area (Å²) in [6.07, 6.45) is 3.55. The summed E-state index contributed by atoms with van der Waals surface area (Å²) in [5.41, 5.74) is 2.66. The molecule has 5 heteroatoms. The second-order valence-corrected chi connectivity index (χ2v) is 6.90. The first-order valence-corrected chi connectivity index (χ1v) is 8.25. The smallest absolute Gasteiger partial charge is 0.184 e. The fraction of sp³-hybridized carbons (Fsp3) is 0.400. The van der Waals surface area contributed by atoms with E-state index in [0.717, 1.165) is 17.6 Å². The Labute approximate surface area is 132 Å². The quantitative estimate of drug-likeness (QED) is 0.778. The van der Waals surface area contributed by atoms with Crippen molar-refractivity contribution < 1.29 is 0 Å². The fourth-order valence-electron chi connectivity index (χ4n) is 3.02. The average Bonchev–Trinajstić information content (AvgIpc) is 2.74. The van der Waals surface area contributed by atoms with Gasteiger partial charge in [0.2, 0.25) is 0 Å². The largest absolute Gasteiger partial charge is 0.323 e. The predicted octanol–water partition coefficient (Wildman–Crippen LogP) is 4.39. The molecular formula is C15H16Cl2N2S. The molecule has 0 atom stereocenters. The van der Waals surface area contributed by atoms with Gasteiger partial charge in [0.25, 0.3) is 0 Å². The standard InChI is InChI=1S/C15H16Cl2N2S/c1-18-14-19(2)13(9-20-14)15(6-3-7-15)10-4-5-11(16)12(17)8-10/h4-5,8-9H,3,6-7H2,1-2H3/b18-14+. The zero-order valence-corrected chi connectivity index (χ0v) is 13.8. The Morgan fingerprint density at radius 1 is 1.25 bits per heavy atom. The summed E-state index contributed by atoms with van der Waals surface area (Å²) >= 11 is 13.9. The number of nitrogens with zero attached hydrogens (tertiary/aromatic N) is 2. The SMILES string of the molecule is C/N=c1/scc(C2(c3ccc(Cl)c(Cl)c3)CCC2)n1C. The summed E-state index contributed by atoms with van der Waals surface area (Å²) in [6, 6.07) is 6.02. The van der Waals surface area contributed by atoms with Gasteiger partial charge < -0.3 is 4.57 Å². The topological polar surface area (TPSA) is 17.3 Å². The minimum Gasteiger partial charge on any atom is -0.323 e.